The Morgan fingerprint density at radius 1 is 1.55 bits per heavy atom. The SMILES string of the molecule is CC1C=CC=CC1(C)N=C=O. The van der Waals surface area contributed by atoms with Crippen LogP contribution in [0.3, 0.4) is 0 Å². The smallest absolute Gasteiger partial charge is 0.211 e. The van der Waals surface area contributed by atoms with Crippen LogP contribution in [0.25, 0.3) is 0 Å². The Morgan fingerprint density at radius 2 is 2.27 bits per heavy atom. The molecule has 1 rings (SSSR count). The van der Waals surface area contributed by atoms with Gasteiger partial charge < -0.3 is 0 Å². The van der Waals surface area contributed by atoms with Gasteiger partial charge in [-0.15, -0.1) is 0 Å². The Balaban J connectivity index is 2.94. The highest BCUT2D eigenvalue weighted by Crippen LogP contribution is 2.26. The van der Waals surface area contributed by atoms with E-state index in [-0.39, 0.29) is 11.5 Å². The molecule has 11 heavy (non-hydrogen) atoms. The van der Waals surface area contributed by atoms with Crippen LogP contribution in [0.5, 0.6) is 0 Å². The van der Waals surface area contributed by atoms with Crippen molar-refractivity contribution in [1.29, 1.82) is 0 Å². The van der Waals surface area contributed by atoms with Crippen LogP contribution >= 0.6 is 0 Å². The largest absolute Gasteiger partial charge is 0.235 e. The van der Waals surface area contributed by atoms with Crippen LogP contribution in [0.1, 0.15) is 13.8 Å². The van der Waals surface area contributed by atoms with E-state index in [1.807, 2.05) is 38.2 Å². The topological polar surface area (TPSA) is 29.4 Å². The lowest BCUT2D eigenvalue weighted by molar-refractivity contribution is 0.451. The third-order valence-corrected chi connectivity index (χ3v) is 2.15. The fourth-order valence-corrected chi connectivity index (χ4v) is 1.07. The maximum atomic E-state index is 10.1. The van der Waals surface area contributed by atoms with E-state index in [1.165, 1.54) is 0 Å². The minimum absolute atomic E-state index is 0.272. The molecule has 0 amide bonds. The van der Waals surface area contributed by atoms with E-state index in [0.717, 1.165) is 0 Å². The standard InChI is InChI=1S/C9H11NO/c1-8-5-3-4-6-9(8,2)10-7-11/h3-6,8H,1-2H3. The Labute approximate surface area is 66.3 Å². The number of rotatable bonds is 1. The molecule has 1 aliphatic rings. The van der Waals surface area contributed by atoms with Gasteiger partial charge in [0.05, 0.1) is 5.54 Å². The molecule has 1 aliphatic carbocycles. The number of allylic oxidation sites excluding steroid dienone is 2. The lowest BCUT2D eigenvalue weighted by Crippen LogP contribution is -2.28. The summed E-state index contributed by atoms with van der Waals surface area (Å²) < 4.78 is 0. The predicted molar refractivity (Wildman–Crippen MR) is 44.0 cm³/mol. The highest BCUT2D eigenvalue weighted by molar-refractivity contribution is 5.38. The second-order valence-corrected chi connectivity index (χ2v) is 2.96. The van der Waals surface area contributed by atoms with Gasteiger partial charge in [-0.25, -0.2) is 4.79 Å². The lowest BCUT2D eigenvalue weighted by Gasteiger charge is -2.26. The van der Waals surface area contributed by atoms with E-state index in [4.69, 9.17) is 0 Å². The second-order valence-electron chi connectivity index (χ2n) is 2.96. The molecule has 0 N–H and O–H groups in total. The zero-order valence-electron chi connectivity index (χ0n) is 6.74. The Hall–Kier alpha value is -1.14. The second kappa shape index (κ2) is 2.85. The summed E-state index contributed by atoms with van der Waals surface area (Å²) in [6.07, 6.45) is 9.41. The molecule has 0 aromatic carbocycles. The number of carbonyl (C=O) groups excluding carboxylic acids is 1. The number of hydrogen-bond donors (Lipinski definition) is 0. The van der Waals surface area contributed by atoms with Crippen molar-refractivity contribution in [3.8, 4) is 0 Å². The van der Waals surface area contributed by atoms with Crippen LogP contribution in [-0.2, 0) is 4.79 Å². The normalized spacial score (nSPS) is 34.9. The molecule has 2 nitrogen and oxygen atoms in total. The van der Waals surface area contributed by atoms with Crippen molar-refractivity contribution in [3.63, 3.8) is 0 Å². The minimum atomic E-state index is -0.378. The van der Waals surface area contributed by atoms with Gasteiger partial charge in [-0.05, 0) is 6.92 Å². The van der Waals surface area contributed by atoms with Crippen LogP contribution in [0, 0.1) is 5.92 Å². The van der Waals surface area contributed by atoms with Crippen molar-refractivity contribution in [2.24, 2.45) is 10.9 Å². The van der Waals surface area contributed by atoms with E-state index >= 15 is 0 Å². The molecule has 0 radical (unpaired) electrons. The summed E-state index contributed by atoms with van der Waals surface area (Å²) in [7, 11) is 0. The molecule has 0 aromatic rings. The molecular weight excluding hydrogens is 138 g/mol. The average molecular weight is 149 g/mol. The van der Waals surface area contributed by atoms with Gasteiger partial charge in [0, 0.05) is 5.92 Å². The molecule has 0 fully saturated rings. The first-order valence-corrected chi connectivity index (χ1v) is 3.64. The maximum Gasteiger partial charge on any atom is 0.235 e. The van der Waals surface area contributed by atoms with Crippen molar-refractivity contribution in [2.75, 3.05) is 0 Å². The van der Waals surface area contributed by atoms with Crippen LogP contribution in [0.15, 0.2) is 29.3 Å². The third kappa shape index (κ3) is 1.47. The molecule has 0 bridgehead atoms. The van der Waals surface area contributed by atoms with Crippen molar-refractivity contribution in [3.05, 3.63) is 24.3 Å². The molecule has 2 atom stereocenters. The van der Waals surface area contributed by atoms with E-state index in [1.54, 1.807) is 6.08 Å². The first-order chi connectivity index (χ1) is 5.19. The summed E-state index contributed by atoms with van der Waals surface area (Å²) in [5.41, 5.74) is -0.378. The zero-order chi connectivity index (χ0) is 8.32. The van der Waals surface area contributed by atoms with Gasteiger partial charge in [-0.2, -0.15) is 4.99 Å². The number of isocyanates is 1. The lowest BCUT2D eigenvalue weighted by atomic mass is 9.84. The van der Waals surface area contributed by atoms with Gasteiger partial charge in [0.15, 0.2) is 0 Å². The molecule has 2 heteroatoms. The highest BCUT2D eigenvalue weighted by atomic mass is 16.1. The summed E-state index contributed by atoms with van der Waals surface area (Å²) in [4.78, 5) is 13.8. The van der Waals surface area contributed by atoms with Crippen molar-refractivity contribution >= 4 is 6.08 Å². The highest BCUT2D eigenvalue weighted by Gasteiger charge is 2.27. The first-order valence-electron chi connectivity index (χ1n) is 3.64. The first kappa shape index (κ1) is 7.96. The van der Waals surface area contributed by atoms with E-state index < -0.39 is 0 Å². The third-order valence-electron chi connectivity index (χ3n) is 2.15. The molecule has 0 saturated carbocycles. The molecule has 0 saturated heterocycles. The Bertz CT molecular complexity index is 248. The van der Waals surface area contributed by atoms with E-state index in [9.17, 15) is 4.79 Å². The molecule has 58 valence electrons. The van der Waals surface area contributed by atoms with Crippen LogP contribution < -0.4 is 0 Å². The quantitative estimate of drug-likeness (QED) is 0.413. The maximum absolute atomic E-state index is 10.1. The number of hydrogen-bond acceptors (Lipinski definition) is 2. The van der Waals surface area contributed by atoms with Crippen LogP contribution in [-0.4, -0.2) is 11.6 Å². The van der Waals surface area contributed by atoms with Crippen molar-refractivity contribution in [1.82, 2.24) is 0 Å². The van der Waals surface area contributed by atoms with Crippen molar-refractivity contribution < 1.29 is 4.79 Å². The number of aliphatic imine (C=N–C) groups is 1. The average Bonchev–Trinajstić information content (AvgIpc) is 1.96. The van der Waals surface area contributed by atoms with E-state index in [2.05, 4.69) is 4.99 Å². The molecule has 0 aromatic heterocycles. The van der Waals surface area contributed by atoms with E-state index in [0.29, 0.717) is 0 Å². The molecule has 0 spiro atoms. The Morgan fingerprint density at radius 3 is 2.82 bits per heavy atom. The summed E-state index contributed by atoms with van der Waals surface area (Å²) in [5, 5.41) is 0. The minimum Gasteiger partial charge on any atom is -0.211 e. The van der Waals surface area contributed by atoms with Gasteiger partial charge in [-0.3, -0.25) is 0 Å². The van der Waals surface area contributed by atoms with Gasteiger partial charge in [-0.1, -0.05) is 31.2 Å². The predicted octanol–water partition coefficient (Wildman–Crippen LogP) is 1.84. The van der Waals surface area contributed by atoms with Crippen molar-refractivity contribution in [2.45, 2.75) is 19.4 Å². The van der Waals surface area contributed by atoms with Gasteiger partial charge >= 0.3 is 0 Å². The number of nitrogens with zero attached hydrogens (tertiary/aromatic N) is 1. The molecule has 0 heterocycles. The molecular formula is C9H11NO. The summed E-state index contributed by atoms with van der Waals surface area (Å²) in [6, 6.07) is 0. The fraction of sp³-hybridized carbons (Fsp3) is 0.444. The van der Waals surface area contributed by atoms with Gasteiger partial charge in [0.2, 0.25) is 6.08 Å². The monoisotopic (exact) mass is 149 g/mol. The van der Waals surface area contributed by atoms with Gasteiger partial charge in [0.25, 0.3) is 0 Å². The fourth-order valence-electron chi connectivity index (χ4n) is 1.07. The summed E-state index contributed by atoms with van der Waals surface area (Å²) >= 11 is 0. The van der Waals surface area contributed by atoms with Crippen LogP contribution in [0.2, 0.25) is 0 Å². The van der Waals surface area contributed by atoms with Crippen LogP contribution in [0.4, 0.5) is 0 Å². The molecule has 0 aliphatic heterocycles. The Kier molecular flexibility index (Phi) is 2.06. The van der Waals surface area contributed by atoms with Gasteiger partial charge in [0.1, 0.15) is 0 Å². The summed E-state index contributed by atoms with van der Waals surface area (Å²) in [5.74, 6) is 0.272. The summed E-state index contributed by atoms with van der Waals surface area (Å²) in [6.45, 7) is 3.95. The zero-order valence-corrected chi connectivity index (χ0v) is 6.74. The molecule has 2 unspecified atom stereocenters.